The second-order valence-electron chi connectivity index (χ2n) is 3.97. The van der Waals surface area contributed by atoms with Gasteiger partial charge in [-0.2, -0.15) is 0 Å². The first-order valence-electron chi connectivity index (χ1n) is 4.00. The average Bonchev–Trinajstić information content (AvgIpc) is 2.12. The summed E-state index contributed by atoms with van der Waals surface area (Å²) in [5.74, 6) is 0. The minimum Gasteiger partial charge on any atom is -0.411 e. The van der Waals surface area contributed by atoms with E-state index in [0.717, 1.165) is 0 Å². The maximum Gasteiger partial charge on any atom is 0.184 e. The Kier molecular flexibility index (Phi) is 4.40. The lowest BCUT2D eigenvalue weighted by molar-refractivity contribution is 0.136. The molecule has 3 nitrogen and oxygen atoms in total. The SMILES string of the molecule is C.C[Si](C)(C)O[C@H]1COC[C@@H]1N. The van der Waals surface area contributed by atoms with Crippen LogP contribution in [0.3, 0.4) is 0 Å². The van der Waals surface area contributed by atoms with E-state index in [2.05, 4.69) is 19.6 Å². The molecule has 1 aliphatic rings. The van der Waals surface area contributed by atoms with Crippen molar-refractivity contribution in [1.82, 2.24) is 0 Å². The van der Waals surface area contributed by atoms with Crippen molar-refractivity contribution in [2.75, 3.05) is 13.2 Å². The number of nitrogens with two attached hydrogens (primary N) is 1. The van der Waals surface area contributed by atoms with Crippen LogP contribution in [0, 0.1) is 0 Å². The van der Waals surface area contributed by atoms with E-state index >= 15 is 0 Å². The van der Waals surface area contributed by atoms with Gasteiger partial charge < -0.3 is 14.9 Å². The largest absolute Gasteiger partial charge is 0.411 e. The van der Waals surface area contributed by atoms with Gasteiger partial charge in [-0.25, -0.2) is 0 Å². The molecular weight excluding hydrogens is 170 g/mol. The summed E-state index contributed by atoms with van der Waals surface area (Å²) >= 11 is 0. The van der Waals surface area contributed by atoms with E-state index in [-0.39, 0.29) is 19.6 Å². The standard InChI is InChI=1S/C7H17NO2Si.CH4/c1-11(2,3)10-7-5-9-4-6(7)8;/h6-7H,4-5,8H2,1-3H3;1H4/t6-,7-;/m0./s1. The van der Waals surface area contributed by atoms with Gasteiger partial charge in [0.1, 0.15) is 0 Å². The fourth-order valence-electron chi connectivity index (χ4n) is 1.13. The first-order chi connectivity index (χ1) is 4.99. The first kappa shape index (κ1) is 12.1. The zero-order chi connectivity index (χ0) is 8.48. The molecule has 0 aliphatic carbocycles. The van der Waals surface area contributed by atoms with Crippen LogP contribution in [0.2, 0.25) is 19.6 Å². The fraction of sp³-hybridized carbons (Fsp3) is 1.00. The highest BCUT2D eigenvalue weighted by atomic mass is 28.4. The number of rotatable bonds is 2. The molecule has 1 rings (SSSR count). The van der Waals surface area contributed by atoms with Crippen molar-refractivity contribution in [2.24, 2.45) is 5.73 Å². The highest BCUT2D eigenvalue weighted by molar-refractivity contribution is 6.69. The van der Waals surface area contributed by atoms with Crippen molar-refractivity contribution in [1.29, 1.82) is 0 Å². The third-order valence-electron chi connectivity index (χ3n) is 1.57. The van der Waals surface area contributed by atoms with Gasteiger partial charge in [0.2, 0.25) is 0 Å². The molecular formula is C8H21NO2Si. The van der Waals surface area contributed by atoms with E-state index < -0.39 is 8.32 Å². The van der Waals surface area contributed by atoms with Gasteiger partial charge in [-0.3, -0.25) is 0 Å². The summed E-state index contributed by atoms with van der Waals surface area (Å²) in [6.07, 6.45) is 0.140. The fourth-order valence-corrected chi connectivity index (χ4v) is 2.28. The van der Waals surface area contributed by atoms with E-state index in [1.165, 1.54) is 0 Å². The highest BCUT2D eigenvalue weighted by Gasteiger charge is 2.30. The monoisotopic (exact) mass is 191 g/mol. The maximum absolute atomic E-state index is 5.80. The molecule has 0 bridgehead atoms. The average molecular weight is 191 g/mol. The van der Waals surface area contributed by atoms with Crippen molar-refractivity contribution in [2.45, 2.75) is 39.2 Å². The smallest absolute Gasteiger partial charge is 0.184 e. The maximum atomic E-state index is 5.80. The topological polar surface area (TPSA) is 44.5 Å². The van der Waals surface area contributed by atoms with Crippen molar-refractivity contribution >= 4 is 8.32 Å². The molecule has 2 atom stereocenters. The Balaban J connectivity index is 0.00000121. The van der Waals surface area contributed by atoms with Crippen molar-refractivity contribution in [3.8, 4) is 0 Å². The van der Waals surface area contributed by atoms with Gasteiger partial charge >= 0.3 is 0 Å². The molecule has 4 heteroatoms. The van der Waals surface area contributed by atoms with Crippen LogP contribution in [0.5, 0.6) is 0 Å². The van der Waals surface area contributed by atoms with Crippen molar-refractivity contribution in [3.05, 3.63) is 0 Å². The Morgan fingerprint density at radius 1 is 1.33 bits per heavy atom. The van der Waals surface area contributed by atoms with Crippen molar-refractivity contribution in [3.63, 3.8) is 0 Å². The zero-order valence-corrected chi connectivity index (χ0v) is 8.46. The molecule has 2 N–H and O–H groups in total. The van der Waals surface area contributed by atoms with Gasteiger partial charge in [-0.05, 0) is 19.6 Å². The summed E-state index contributed by atoms with van der Waals surface area (Å²) in [5.41, 5.74) is 5.76. The molecule has 0 radical (unpaired) electrons. The van der Waals surface area contributed by atoms with Crippen LogP contribution in [0.25, 0.3) is 0 Å². The van der Waals surface area contributed by atoms with Gasteiger partial charge in [0.25, 0.3) is 0 Å². The van der Waals surface area contributed by atoms with Gasteiger partial charge in [0, 0.05) is 0 Å². The molecule has 12 heavy (non-hydrogen) atoms. The quantitative estimate of drug-likeness (QED) is 0.667. The second-order valence-corrected chi connectivity index (χ2v) is 8.43. The Labute approximate surface area is 76.4 Å². The number of hydrogen-bond donors (Lipinski definition) is 1. The normalized spacial score (nSPS) is 30.0. The van der Waals surface area contributed by atoms with Gasteiger partial charge in [-0.15, -0.1) is 0 Å². The molecule has 74 valence electrons. The van der Waals surface area contributed by atoms with Crippen LogP contribution in [0.4, 0.5) is 0 Å². The van der Waals surface area contributed by atoms with E-state index in [9.17, 15) is 0 Å². The molecule has 0 aromatic heterocycles. The van der Waals surface area contributed by atoms with E-state index in [1.807, 2.05) is 0 Å². The molecule has 1 saturated heterocycles. The molecule has 0 amide bonds. The molecule has 0 unspecified atom stereocenters. The van der Waals surface area contributed by atoms with Crippen LogP contribution < -0.4 is 5.73 Å². The minimum absolute atomic E-state index is 0. The molecule has 0 spiro atoms. The Morgan fingerprint density at radius 3 is 2.25 bits per heavy atom. The van der Waals surface area contributed by atoms with E-state index in [0.29, 0.717) is 13.2 Å². The Hall–Kier alpha value is 0.0969. The van der Waals surface area contributed by atoms with Crippen LogP contribution in [0.15, 0.2) is 0 Å². The predicted octanol–water partition coefficient (Wildman–Crippen LogP) is 1.20. The van der Waals surface area contributed by atoms with E-state index in [1.54, 1.807) is 0 Å². The van der Waals surface area contributed by atoms with Gasteiger partial charge in [-0.1, -0.05) is 7.43 Å². The predicted molar refractivity (Wildman–Crippen MR) is 53.7 cm³/mol. The molecule has 1 aliphatic heterocycles. The van der Waals surface area contributed by atoms with Crippen LogP contribution in [-0.2, 0) is 9.16 Å². The van der Waals surface area contributed by atoms with Gasteiger partial charge in [0.05, 0.1) is 25.4 Å². The van der Waals surface area contributed by atoms with Crippen LogP contribution >= 0.6 is 0 Å². The molecule has 0 aromatic carbocycles. The lowest BCUT2D eigenvalue weighted by atomic mass is 10.2. The number of hydrogen-bond acceptors (Lipinski definition) is 3. The summed E-state index contributed by atoms with van der Waals surface area (Å²) in [6, 6.07) is 0.0849. The Bertz CT molecular complexity index is 136. The molecule has 1 heterocycles. The lowest BCUT2D eigenvalue weighted by Gasteiger charge is -2.24. The molecule has 0 saturated carbocycles. The van der Waals surface area contributed by atoms with Crippen LogP contribution in [-0.4, -0.2) is 33.7 Å². The minimum atomic E-state index is -1.42. The summed E-state index contributed by atoms with van der Waals surface area (Å²) in [5, 5.41) is 0. The second kappa shape index (κ2) is 4.37. The van der Waals surface area contributed by atoms with Gasteiger partial charge in [0.15, 0.2) is 8.32 Å². The Morgan fingerprint density at radius 2 is 1.92 bits per heavy atom. The van der Waals surface area contributed by atoms with Crippen molar-refractivity contribution < 1.29 is 9.16 Å². The summed E-state index contributed by atoms with van der Waals surface area (Å²) in [4.78, 5) is 0. The summed E-state index contributed by atoms with van der Waals surface area (Å²) < 4.78 is 11.0. The third kappa shape index (κ3) is 3.67. The summed E-state index contributed by atoms with van der Waals surface area (Å²) in [6.45, 7) is 7.81. The van der Waals surface area contributed by atoms with Crippen LogP contribution in [0.1, 0.15) is 7.43 Å². The van der Waals surface area contributed by atoms with E-state index in [4.69, 9.17) is 14.9 Å². The molecule has 1 fully saturated rings. The first-order valence-corrected chi connectivity index (χ1v) is 7.41. The lowest BCUT2D eigenvalue weighted by Crippen LogP contribution is -2.42. The zero-order valence-electron chi connectivity index (χ0n) is 7.46. The number of ether oxygens (including phenoxy) is 1. The highest BCUT2D eigenvalue weighted by Crippen LogP contribution is 2.14. The summed E-state index contributed by atoms with van der Waals surface area (Å²) in [7, 11) is -1.42. The third-order valence-corrected chi connectivity index (χ3v) is 2.58. The molecule has 0 aromatic rings.